The van der Waals surface area contributed by atoms with Crippen LogP contribution in [0.4, 0.5) is 27.8 Å². The number of aromatic nitrogens is 4. The van der Waals surface area contributed by atoms with Gasteiger partial charge in [-0.25, -0.2) is 4.79 Å². The summed E-state index contributed by atoms with van der Waals surface area (Å²) < 4.78 is 0. The van der Waals surface area contributed by atoms with Crippen LogP contribution < -0.4 is 26.6 Å². The van der Waals surface area contributed by atoms with Crippen LogP contribution in [-0.4, -0.2) is 101 Å². The van der Waals surface area contributed by atoms with Gasteiger partial charge in [0.2, 0.25) is 0 Å². The molecule has 5 N–H and O–H groups in total. The molecule has 0 radical (unpaired) electrons. The van der Waals surface area contributed by atoms with Gasteiger partial charge in [0.05, 0.1) is 23.5 Å². The smallest absolute Gasteiger partial charge is 0.320 e. The lowest BCUT2D eigenvalue weighted by Crippen LogP contribution is -2.58. The predicted molar refractivity (Wildman–Crippen MR) is 145 cm³/mol. The van der Waals surface area contributed by atoms with E-state index < -0.39 is 0 Å². The maximum absolute atomic E-state index is 12.3. The molecule has 0 spiro atoms. The van der Waals surface area contributed by atoms with Crippen LogP contribution in [-0.2, 0) is 0 Å². The molecule has 0 aromatic carbocycles. The van der Waals surface area contributed by atoms with Crippen LogP contribution in [0.5, 0.6) is 0 Å². The van der Waals surface area contributed by atoms with Crippen molar-refractivity contribution in [3.8, 4) is 0 Å². The molecule has 4 unspecified atom stereocenters. The van der Waals surface area contributed by atoms with Crippen molar-refractivity contribution in [1.29, 1.82) is 0 Å². The third-order valence-electron chi connectivity index (χ3n) is 7.53. The van der Waals surface area contributed by atoms with Crippen LogP contribution in [0.1, 0.15) is 25.7 Å². The molecule has 200 valence electrons. The minimum absolute atomic E-state index is 0.0843. The number of nitrogen functional groups attached to an aromatic ring is 2. The van der Waals surface area contributed by atoms with Gasteiger partial charge in [-0.3, -0.25) is 0 Å². The van der Waals surface area contributed by atoms with Crippen molar-refractivity contribution >= 4 is 52.2 Å². The normalized spacial score (nSPS) is 26.1. The summed E-state index contributed by atoms with van der Waals surface area (Å²) in [6.45, 7) is 3.45. The van der Waals surface area contributed by atoms with Crippen molar-refractivity contribution in [3.05, 3.63) is 22.4 Å². The molecule has 4 fully saturated rings. The van der Waals surface area contributed by atoms with E-state index in [2.05, 4.69) is 35.5 Å². The summed E-state index contributed by atoms with van der Waals surface area (Å²) in [5.74, 6) is 0.844. The Hall–Kier alpha value is -2.83. The molecule has 6 rings (SSSR count). The predicted octanol–water partition coefficient (Wildman–Crippen LogP) is 1.70. The number of amides is 2. The molecule has 4 aliphatic rings. The summed E-state index contributed by atoms with van der Waals surface area (Å²) in [7, 11) is 3.58. The number of carbonyl (C=O) groups excluding carboxylic acids is 1. The molecule has 6 heterocycles. The number of fused-ring (bicyclic) bond motifs is 4. The molecule has 0 aliphatic carbocycles. The van der Waals surface area contributed by atoms with Crippen molar-refractivity contribution in [2.75, 3.05) is 61.5 Å². The average Bonchev–Trinajstić information content (AvgIpc) is 3.35. The van der Waals surface area contributed by atoms with E-state index in [1.807, 2.05) is 4.90 Å². The van der Waals surface area contributed by atoms with Crippen LogP contribution in [0, 0.1) is 0 Å². The number of urea groups is 1. The second-order valence-corrected chi connectivity index (χ2v) is 11.1. The van der Waals surface area contributed by atoms with Crippen molar-refractivity contribution in [3.63, 3.8) is 0 Å². The van der Waals surface area contributed by atoms with Crippen molar-refractivity contribution in [2.24, 2.45) is 0 Å². The first-order valence-electron chi connectivity index (χ1n) is 12.5. The molecule has 0 saturated carbocycles. The van der Waals surface area contributed by atoms with E-state index in [0.717, 1.165) is 50.4 Å². The van der Waals surface area contributed by atoms with E-state index in [1.165, 1.54) is 12.8 Å². The number of anilines is 4. The third kappa shape index (κ3) is 5.41. The summed E-state index contributed by atoms with van der Waals surface area (Å²) in [4.78, 5) is 20.4. The minimum Gasteiger partial charge on any atom is -0.380 e. The van der Waals surface area contributed by atoms with Crippen LogP contribution in [0.25, 0.3) is 0 Å². The number of carbonyl (C=O) groups is 1. The number of nitrogens with zero attached hydrogens (tertiary/aromatic N) is 8. The van der Waals surface area contributed by atoms with E-state index >= 15 is 0 Å². The van der Waals surface area contributed by atoms with Crippen molar-refractivity contribution in [2.45, 2.75) is 49.9 Å². The second kappa shape index (κ2) is 10.5. The Morgan fingerprint density at radius 1 is 0.838 bits per heavy atom. The van der Waals surface area contributed by atoms with Crippen LogP contribution in [0.3, 0.4) is 0 Å². The van der Waals surface area contributed by atoms with Gasteiger partial charge >= 0.3 is 6.03 Å². The van der Waals surface area contributed by atoms with Gasteiger partial charge in [0.1, 0.15) is 0 Å². The maximum atomic E-state index is 12.3. The summed E-state index contributed by atoms with van der Waals surface area (Å²) >= 11 is 11.8. The highest BCUT2D eigenvalue weighted by Crippen LogP contribution is 2.35. The van der Waals surface area contributed by atoms with Crippen molar-refractivity contribution in [1.82, 2.24) is 35.5 Å². The monoisotopic (exact) mass is 549 g/mol. The van der Waals surface area contributed by atoms with E-state index in [4.69, 9.17) is 34.7 Å². The number of nitrogens with one attached hydrogen (secondary N) is 1. The highest BCUT2D eigenvalue weighted by molar-refractivity contribution is 6.30. The van der Waals surface area contributed by atoms with Gasteiger partial charge in [0.25, 0.3) is 0 Å². The number of halogens is 2. The van der Waals surface area contributed by atoms with Crippen LogP contribution in [0.15, 0.2) is 12.1 Å². The number of rotatable bonds is 2. The fourth-order valence-corrected chi connectivity index (χ4v) is 6.16. The SMILES string of the molecule is CN(C)C(=O)N1C2CCC1CN(c1cc(Cl)nnc1N)C2.Nc1nnc(Cl)cc1N1CC2CCC(C1)N2. The fourth-order valence-electron chi connectivity index (χ4n) is 5.88. The van der Waals surface area contributed by atoms with Gasteiger partial charge in [0.15, 0.2) is 21.9 Å². The highest BCUT2D eigenvalue weighted by Gasteiger charge is 2.43. The molecule has 12 nitrogen and oxygen atoms in total. The lowest BCUT2D eigenvalue weighted by atomic mass is 10.2. The Kier molecular flexibility index (Phi) is 7.32. The molecular formula is C23H33Cl2N11O. The summed E-state index contributed by atoms with van der Waals surface area (Å²) in [6, 6.07) is 5.20. The van der Waals surface area contributed by atoms with Gasteiger partial charge in [-0.15, -0.1) is 20.4 Å². The summed E-state index contributed by atoms with van der Waals surface area (Å²) in [5, 5.41) is 19.5. The topological polar surface area (TPSA) is 146 Å². The zero-order valence-corrected chi connectivity index (χ0v) is 22.5. The first-order valence-corrected chi connectivity index (χ1v) is 13.3. The molecule has 4 saturated heterocycles. The van der Waals surface area contributed by atoms with E-state index in [-0.39, 0.29) is 18.1 Å². The van der Waals surface area contributed by atoms with E-state index in [9.17, 15) is 4.79 Å². The molecule has 4 aliphatic heterocycles. The Balaban J connectivity index is 0.000000157. The van der Waals surface area contributed by atoms with Gasteiger partial charge in [-0.2, -0.15) is 0 Å². The maximum Gasteiger partial charge on any atom is 0.320 e. The van der Waals surface area contributed by atoms with E-state index in [0.29, 0.717) is 34.0 Å². The first-order chi connectivity index (χ1) is 17.7. The second-order valence-electron chi connectivity index (χ2n) is 10.3. The first kappa shape index (κ1) is 25.8. The van der Waals surface area contributed by atoms with E-state index in [1.54, 1.807) is 31.1 Å². The zero-order chi connectivity index (χ0) is 26.3. The zero-order valence-electron chi connectivity index (χ0n) is 21.0. The lowest BCUT2D eigenvalue weighted by Gasteiger charge is -2.43. The van der Waals surface area contributed by atoms with Crippen LogP contribution in [0.2, 0.25) is 10.3 Å². The fraction of sp³-hybridized carbons (Fsp3) is 0.609. The average molecular weight is 550 g/mol. The lowest BCUT2D eigenvalue weighted by molar-refractivity contribution is 0.138. The highest BCUT2D eigenvalue weighted by atomic mass is 35.5. The van der Waals surface area contributed by atoms with Crippen molar-refractivity contribution < 1.29 is 4.79 Å². The third-order valence-corrected chi connectivity index (χ3v) is 7.90. The molecule has 37 heavy (non-hydrogen) atoms. The largest absolute Gasteiger partial charge is 0.380 e. The van der Waals surface area contributed by atoms with Gasteiger partial charge in [-0.05, 0) is 25.7 Å². The molecule has 2 aromatic heterocycles. The molecular weight excluding hydrogens is 517 g/mol. The van der Waals surface area contributed by atoms with Gasteiger partial charge in [0, 0.05) is 64.5 Å². The molecule has 2 amide bonds. The van der Waals surface area contributed by atoms with Crippen LogP contribution >= 0.6 is 23.2 Å². The molecule has 14 heteroatoms. The standard InChI is InChI=1S/C13H19ClN6O.C10H14ClN5/c1-18(2)13(21)20-8-3-4-9(20)7-19(6-8)10-5-11(14)16-17-12(10)15;11-9-3-8(10(12)15-14-9)16-4-6-1-2-7(5-16)13-6/h5,8-9H,3-4,6-7H2,1-2H3,(H2,15,17);3,6-7,13H,1-2,4-5H2,(H2,12,15). The summed E-state index contributed by atoms with van der Waals surface area (Å²) in [6.07, 6.45) is 4.53. The Bertz CT molecular complexity index is 1130. The Morgan fingerprint density at radius 2 is 1.30 bits per heavy atom. The minimum atomic E-state index is 0.0843. The number of hydrogen-bond donors (Lipinski definition) is 3. The molecule has 4 bridgehead atoms. The Morgan fingerprint density at radius 3 is 1.76 bits per heavy atom. The van der Waals surface area contributed by atoms with Gasteiger partial charge < -0.3 is 36.4 Å². The summed E-state index contributed by atoms with van der Waals surface area (Å²) in [5.41, 5.74) is 13.5. The number of nitrogens with two attached hydrogens (primary N) is 2. The van der Waals surface area contributed by atoms with Gasteiger partial charge in [-0.1, -0.05) is 23.2 Å². The quantitative estimate of drug-likeness (QED) is 0.505. The molecule has 2 aromatic rings. The number of piperazine rings is 2. The Labute approximate surface area is 226 Å². The number of hydrogen-bond acceptors (Lipinski definition) is 10. The molecule has 4 atom stereocenters.